The fourth-order valence-electron chi connectivity index (χ4n) is 4.16. The molecule has 1 saturated heterocycles. The smallest absolute Gasteiger partial charge is 0.361 e. The molecule has 0 amide bonds. The molecule has 2 aromatic rings. The number of likely N-dealkylation sites (tertiary alicyclic amines) is 1. The van der Waals surface area contributed by atoms with Crippen LogP contribution in [-0.2, 0) is 6.42 Å². The second kappa shape index (κ2) is 10.3. The zero-order chi connectivity index (χ0) is 22.4. The van der Waals surface area contributed by atoms with E-state index in [1.807, 2.05) is 13.1 Å². The summed E-state index contributed by atoms with van der Waals surface area (Å²) in [5.41, 5.74) is 1.91. The van der Waals surface area contributed by atoms with Crippen molar-refractivity contribution in [2.45, 2.75) is 32.9 Å². The second-order valence-corrected chi connectivity index (χ2v) is 8.03. The zero-order valence-corrected chi connectivity index (χ0v) is 18.1. The van der Waals surface area contributed by atoms with Crippen LogP contribution < -0.4 is 5.32 Å². The van der Waals surface area contributed by atoms with Crippen LogP contribution >= 0.6 is 0 Å². The highest BCUT2D eigenvalue weighted by atomic mass is 19.4. The quantitative estimate of drug-likeness (QED) is 0.370. The number of benzene rings is 1. The van der Waals surface area contributed by atoms with Crippen molar-refractivity contribution in [2.24, 2.45) is 10.9 Å². The van der Waals surface area contributed by atoms with Gasteiger partial charge in [0, 0.05) is 49.8 Å². The summed E-state index contributed by atoms with van der Waals surface area (Å²) >= 11 is 0. The Morgan fingerprint density at radius 1 is 1.32 bits per heavy atom. The fourth-order valence-corrected chi connectivity index (χ4v) is 4.16. The van der Waals surface area contributed by atoms with Crippen LogP contribution in [0.25, 0.3) is 10.9 Å². The van der Waals surface area contributed by atoms with Gasteiger partial charge in [0.1, 0.15) is 5.82 Å². The molecule has 1 aliphatic heterocycles. The van der Waals surface area contributed by atoms with Gasteiger partial charge in [-0.05, 0) is 56.0 Å². The lowest BCUT2D eigenvalue weighted by molar-refractivity contribution is -0.146. The first-order valence-electron chi connectivity index (χ1n) is 10.9. The van der Waals surface area contributed by atoms with Crippen LogP contribution in [0.1, 0.15) is 25.8 Å². The van der Waals surface area contributed by atoms with Crippen molar-refractivity contribution in [1.82, 2.24) is 20.1 Å². The molecule has 0 radical (unpaired) electrons. The molecule has 31 heavy (non-hydrogen) atoms. The Morgan fingerprint density at radius 3 is 2.84 bits per heavy atom. The van der Waals surface area contributed by atoms with Crippen LogP contribution in [0.4, 0.5) is 17.6 Å². The molecule has 0 saturated carbocycles. The molecule has 172 valence electrons. The van der Waals surface area contributed by atoms with Crippen LogP contribution in [0.5, 0.6) is 0 Å². The number of alkyl halides is 3. The van der Waals surface area contributed by atoms with E-state index in [2.05, 4.69) is 15.2 Å². The van der Waals surface area contributed by atoms with Gasteiger partial charge in [-0.15, -0.1) is 0 Å². The predicted molar refractivity (Wildman–Crippen MR) is 116 cm³/mol. The van der Waals surface area contributed by atoms with E-state index in [0.717, 1.165) is 35.4 Å². The third-order valence-corrected chi connectivity index (χ3v) is 5.66. The van der Waals surface area contributed by atoms with Gasteiger partial charge in [0.2, 0.25) is 0 Å². The van der Waals surface area contributed by atoms with E-state index in [0.29, 0.717) is 39.1 Å². The largest absolute Gasteiger partial charge is 0.401 e. The second-order valence-electron chi connectivity index (χ2n) is 8.03. The van der Waals surface area contributed by atoms with E-state index in [1.54, 1.807) is 13.0 Å². The first-order chi connectivity index (χ1) is 14.8. The number of nitrogens with zero attached hydrogens (tertiary/aromatic N) is 3. The minimum absolute atomic E-state index is 0.183. The molecule has 1 aliphatic rings. The van der Waals surface area contributed by atoms with Crippen LogP contribution in [0.2, 0.25) is 0 Å². The number of hydrogen-bond donors (Lipinski definition) is 2. The van der Waals surface area contributed by atoms with Gasteiger partial charge in [-0.1, -0.05) is 6.92 Å². The summed E-state index contributed by atoms with van der Waals surface area (Å²) in [6, 6.07) is 4.69. The molecule has 2 heterocycles. The normalized spacial score (nSPS) is 17.8. The molecule has 1 fully saturated rings. The van der Waals surface area contributed by atoms with Crippen LogP contribution in [0, 0.1) is 11.7 Å². The lowest BCUT2D eigenvalue weighted by Gasteiger charge is -2.26. The topological polar surface area (TPSA) is 46.7 Å². The number of H-pyrrole nitrogens is 1. The molecule has 1 aromatic heterocycles. The summed E-state index contributed by atoms with van der Waals surface area (Å²) in [4.78, 5) is 11.5. The molecule has 1 unspecified atom stereocenters. The van der Waals surface area contributed by atoms with Gasteiger partial charge < -0.3 is 15.2 Å². The van der Waals surface area contributed by atoms with Crippen LogP contribution in [-0.4, -0.2) is 72.7 Å². The van der Waals surface area contributed by atoms with E-state index >= 15 is 0 Å². The lowest BCUT2D eigenvalue weighted by Crippen LogP contribution is -2.42. The van der Waals surface area contributed by atoms with Crippen molar-refractivity contribution < 1.29 is 17.6 Å². The zero-order valence-electron chi connectivity index (χ0n) is 18.1. The van der Waals surface area contributed by atoms with Crippen LogP contribution in [0.15, 0.2) is 29.4 Å². The molecule has 0 spiro atoms. The number of guanidine groups is 1. The summed E-state index contributed by atoms with van der Waals surface area (Å²) in [7, 11) is 0. The highest BCUT2D eigenvalue weighted by Crippen LogP contribution is 2.22. The number of aromatic amines is 1. The number of aromatic nitrogens is 1. The maximum atomic E-state index is 13.6. The number of fused-ring (bicyclic) bond motifs is 1. The number of rotatable bonds is 8. The third kappa shape index (κ3) is 6.59. The first kappa shape index (κ1) is 23.4. The van der Waals surface area contributed by atoms with E-state index < -0.39 is 12.7 Å². The van der Waals surface area contributed by atoms with Gasteiger partial charge in [-0.25, -0.2) is 4.39 Å². The van der Waals surface area contributed by atoms with E-state index in [4.69, 9.17) is 4.99 Å². The number of hydrogen-bond acceptors (Lipinski definition) is 2. The Morgan fingerprint density at radius 2 is 2.13 bits per heavy atom. The van der Waals surface area contributed by atoms with E-state index in [9.17, 15) is 17.6 Å². The summed E-state index contributed by atoms with van der Waals surface area (Å²) in [6.45, 7) is 6.45. The first-order valence-corrected chi connectivity index (χ1v) is 10.9. The van der Waals surface area contributed by atoms with Gasteiger partial charge >= 0.3 is 6.18 Å². The highest BCUT2D eigenvalue weighted by molar-refractivity contribution is 5.83. The molecular weight excluding hydrogens is 410 g/mol. The van der Waals surface area contributed by atoms with Gasteiger partial charge in [0.25, 0.3) is 0 Å². The molecule has 9 heteroatoms. The van der Waals surface area contributed by atoms with Crippen LogP contribution in [0.3, 0.4) is 0 Å². The van der Waals surface area contributed by atoms with E-state index in [-0.39, 0.29) is 11.7 Å². The third-order valence-electron chi connectivity index (χ3n) is 5.66. The Kier molecular flexibility index (Phi) is 7.80. The Labute approximate surface area is 180 Å². The van der Waals surface area contributed by atoms with Gasteiger partial charge in [-0.2, -0.15) is 13.2 Å². The molecular formula is C22H31F4N5. The van der Waals surface area contributed by atoms with Gasteiger partial charge in [-0.3, -0.25) is 9.89 Å². The van der Waals surface area contributed by atoms with Crippen molar-refractivity contribution in [3.05, 3.63) is 35.8 Å². The number of halogens is 4. The average Bonchev–Trinajstić information content (AvgIpc) is 3.33. The van der Waals surface area contributed by atoms with Crippen molar-refractivity contribution in [2.75, 3.05) is 45.8 Å². The van der Waals surface area contributed by atoms with Crippen molar-refractivity contribution in [3.63, 3.8) is 0 Å². The summed E-state index contributed by atoms with van der Waals surface area (Å²) in [6.07, 6.45) is -0.764. The SMILES string of the molecule is CCNC(=NCCc1c[nH]c2ccc(F)cc12)N1CCC(CN(CC)CC(F)(F)F)C1. The molecule has 3 rings (SSSR count). The highest BCUT2D eigenvalue weighted by Gasteiger charge is 2.33. The fraction of sp³-hybridized carbons (Fsp3) is 0.591. The summed E-state index contributed by atoms with van der Waals surface area (Å²) in [5.74, 6) is 0.706. The summed E-state index contributed by atoms with van der Waals surface area (Å²) < 4.78 is 51.8. The minimum Gasteiger partial charge on any atom is -0.361 e. The van der Waals surface area contributed by atoms with Crippen molar-refractivity contribution >= 4 is 16.9 Å². The molecule has 1 atom stereocenters. The van der Waals surface area contributed by atoms with Crippen molar-refractivity contribution in [3.8, 4) is 0 Å². The molecule has 0 bridgehead atoms. The lowest BCUT2D eigenvalue weighted by atomic mass is 10.1. The number of nitrogens with one attached hydrogen (secondary N) is 2. The maximum Gasteiger partial charge on any atom is 0.401 e. The number of aliphatic imine (C=N–C) groups is 1. The minimum atomic E-state index is -4.17. The molecule has 0 aliphatic carbocycles. The molecule has 5 nitrogen and oxygen atoms in total. The standard InChI is InChI=1S/C22H31F4N5/c1-3-27-21(28-9-7-17-12-29-20-6-5-18(23)11-19(17)20)31-10-8-16(14-31)13-30(4-2)15-22(24,25)26/h5-6,11-12,16,29H,3-4,7-10,13-15H2,1-2H3,(H,27,28). The van der Waals surface area contributed by atoms with Gasteiger partial charge in [0.15, 0.2) is 5.96 Å². The Balaban J connectivity index is 1.58. The Bertz CT molecular complexity index is 876. The molecule has 2 N–H and O–H groups in total. The van der Waals surface area contributed by atoms with Gasteiger partial charge in [0.05, 0.1) is 6.54 Å². The Hall–Kier alpha value is -2.29. The van der Waals surface area contributed by atoms with E-state index in [1.165, 1.54) is 17.0 Å². The van der Waals surface area contributed by atoms with Crippen molar-refractivity contribution in [1.29, 1.82) is 0 Å². The molecule has 1 aromatic carbocycles. The predicted octanol–water partition coefficient (Wildman–Crippen LogP) is 4.02. The average molecular weight is 442 g/mol. The summed E-state index contributed by atoms with van der Waals surface area (Å²) in [5, 5.41) is 4.16. The monoisotopic (exact) mass is 441 g/mol. The maximum absolute atomic E-state index is 13.6.